The van der Waals surface area contributed by atoms with Crippen molar-refractivity contribution in [3.8, 4) is 17.4 Å². The highest BCUT2D eigenvalue weighted by Crippen LogP contribution is 2.31. The van der Waals surface area contributed by atoms with Crippen LogP contribution in [0.15, 0.2) is 51.5 Å². The lowest BCUT2D eigenvalue weighted by atomic mass is 9.94. The minimum absolute atomic E-state index is 0.0222. The first-order chi connectivity index (χ1) is 13.8. The SMILES string of the molecule is CC1=C(C#N)C(=O)N(CCCO)C(=O)/C1=C/c1ccc(-c2cc(Cl)cc(Cl)c2)o1. The third-order valence-corrected chi connectivity index (χ3v) is 4.86. The van der Waals surface area contributed by atoms with Crippen LogP contribution < -0.4 is 0 Å². The van der Waals surface area contributed by atoms with Crippen LogP contribution in [-0.4, -0.2) is 35.0 Å². The number of benzene rings is 1. The molecule has 0 aliphatic carbocycles. The third-order valence-electron chi connectivity index (χ3n) is 4.43. The van der Waals surface area contributed by atoms with Gasteiger partial charge in [0, 0.05) is 34.3 Å². The zero-order chi connectivity index (χ0) is 21.1. The summed E-state index contributed by atoms with van der Waals surface area (Å²) in [7, 11) is 0. The summed E-state index contributed by atoms with van der Waals surface area (Å²) < 4.78 is 5.80. The lowest BCUT2D eigenvalue weighted by Gasteiger charge is -2.27. The van der Waals surface area contributed by atoms with Gasteiger partial charge in [-0.05, 0) is 55.3 Å². The van der Waals surface area contributed by atoms with Gasteiger partial charge in [0.25, 0.3) is 11.8 Å². The van der Waals surface area contributed by atoms with Gasteiger partial charge in [0.1, 0.15) is 23.2 Å². The molecule has 1 aliphatic rings. The highest BCUT2D eigenvalue weighted by atomic mass is 35.5. The maximum atomic E-state index is 12.8. The van der Waals surface area contributed by atoms with Gasteiger partial charge in [0.05, 0.1) is 0 Å². The molecule has 0 spiro atoms. The second-order valence-electron chi connectivity index (χ2n) is 6.37. The first-order valence-corrected chi connectivity index (χ1v) is 9.47. The Morgan fingerprint density at radius 2 is 1.86 bits per heavy atom. The Kier molecular flexibility index (Phi) is 6.23. The Bertz CT molecular complexity index is 1070. The number of carbonyl (C=O) groups excluding carboxylic acids is 2. The molecule has 2 amide bonds. The predicted octanol–water partition coefficient (Wildman–Crippen LogP) is 4.23. The van der Waals surface area contributed by atoms with Crippen molar-refractivity contribution < 1.29 is 19.1 Å². The summed E-state index contributed by atoms with van der Waals surface area (Å²) in [4.78, 5) is 26.2. The molecule has 0 bridgehead atoms. The van der Waals surface area contributed by atoms with Gasteiger partial charge in [0.15, 0.2) is 0 Å². The van der Waals surface area contributed by atoms with Gasteiger partial charge in [-0.1, -0.05) is 23.2 Å². The molecule has 0 radical (unpaired) electrons. The number of imide groups is 1. The molecule has 0 fully saturated rings. The van der Waals surface area contributed by atoms with E-state index in [0.29, 0.717) is 27.1 Å². The summed E-state index contributed by atoms with van der Waals surface area (Å²) in [5.74, 6) is -0.328. The Balaban J connectivity index is 2.01. The van der Waals surface area contributed by atoms with Gasteiger partial charge in [0.2, 0.25) is 0 Å². The number of halogens is 2. The number of amides is 2. The van der Waals surface area contributed by atoms with Gasteiger partial charge in [-0.3, -0.25) is 14.5 Å². The van der Waals surface area contributed by atoms with Crippen molar-refractivity contribution in [1.82, 2.24) is 4.90 Å². The molecule has 1 N–H and O–H groups in total. The minimum Gasteiger partial charge on any atom is -0.457 e. The van der Waals surface area contributed by atoms with Crippen LogP contribution in [0.5, 0.6) is 0 Å². The van der Waals surface area contributed by atoms with E-state index in [9.17, 15) is 14.9 Å². The van der Waals surface area contributed by atoms with E-state index in [1.54, 1.807) is 37.3 Å². The summed E-state index contributed by atoms with van der Waals surface area (Å²) in [5.41, 5.74) is 1.03. The number of nitriles is 1. The molecule has 148 valence electrons. The molecular weight excluding hydrogens is 415 g/mol. The zero-order valence-electron chi connectivity index (χ0n) is 15.4. The first kappa shape index (κ1) is 20.9. The summed E-state index contributed by atoms with van der Waals surface area (Å²) in [6, 6.07) is 10.2. The number of nitrogens with zero attached hydrogens (tertiary/aromatic N) is 2. The fraction of sp³-hybridized carbons (Fsp3) is 0.190. The quantitative estimate of drug-likeness (QED) is 0.565. The molecule has 0 unspecified atom stereocenters. The van der Waals surface area contributed by atoms with E-state index in [1.165, 1.54) is 6.08 Å². The maximum absolute atomic E-state index is 12.8. The molecule has 1 aromatic carbocycles. The molecule has 8 heteroatoms. The lowest BCUT2D eigenvalue weighted by Crippen LogP contribution is -2.43. The van der Waals surface area contributed by atoms with Gasteiger partial charge >= 0.3 is 0 Å². The van der Waals surface area contributed by atoms with Crippen molar-refractivity contribution in [2.45, 2.75) is 13.3 Å². The van der Waals surface area contributed by atoms with Crippen molar-refractivity contribution in [3.05, 3.63) is 62.9 Å². The van der Waals surface area contributed by atoms with Crippen LogP contribution in [0.4, 0.5) is 0 Å². The average molecular weight is 431 g/mol. The minimum atomic E-state index is -0.658. The number of aliphatic hydroxyl groups is 1. The fourth-order valence-electron chi connectivity index (χ4n) is 2.99. The number of hydrogen-bond acceptors (Lipinski definition) is 5. The van der Waals surface area contributed by atoms with E-state index in [0.717, 1.165) is 4.90 Å². The standard InChI is InChI=1S/C21H16Cl2N2O4/c1-12-17(20(27)25(5-2-6-26)21(28)18(12)11-24)10-16-3-4-19(29-16)13-7-14(22)9-15(23)8-13/h3-4,7-10,26H,2,5-6H2,1H3/b17-10+. The Morgan fingerprint density at radius 1 is 1.17 bits per heavy atom. The molecule has 29 heavy (non-hydrogen) atoms. The van der Waals surface area contributed by atoms with Crippen LogP contribution in [0.3, 0.4) is 0 Å². The molecule has 6 nitrogen and oxygen atoms in total. The van der Waals surface area contributed by atoms with Gasteiger partial charge in [-0.15, -0.1) is 0 Å². The zero-order valence-corrected chi connectivity index (χ0v) is 16.9. The van der Waals surface area contributed by atoms with E-state index in [-0.39, 0.29) is 36.3 Å². The van der Waals surface area contributed by atoms with E-state index >= 15 is 0 Å². The van der Waals surface area contributed by atoms with Gasteiger partial charge in [-0.25, -0.2) is 0 Å². The molecular formula is C21H16Cl2N2O4. The molecule has 2 aromatic rings. The number of rotatable bonds is 5. The van der Waals surface area contributed by atoms with Crippen molar-refractivity contribution in [1.29, 1.82) is 5.26 Å². The Labute approximate surface area is 177 Å². The maximum Gasteiger partial charge on any atom is 0.271 e. The second kappa shape index (κ2) is 8.66. The largest absolute Gasteiger partial charge is 0.457 e. The summed E-state index contributed by atoms with van der Waals surface area (Å²) in [5, 5.41) is 19.3. The van der Waals surface area contributed by atoms with Crippen LogP contribution >= 0.6 is 23.2 Å². The van der Waals surface area contributed by atoms with Crippen LogP contribution in [0.1, 0.15) is 19.1 Å². The van der Waals surface area contributed by atoms with E-state index in [2.05, 4.69) is 0 Å². The van der Waals surface area contributed by atoms with Crippen LogP contribution in [0.25, 0.3) is 17.4 Å². The van der Waals surface area contributed by atoms with Crippen molar-refractivity contribution in [3.63, 3.8) is 0 Å². The van der Waals surface area contributed by atoms with E-state index in [4.69, 9.17) is 32.7 Å². The lowest BCUT2D eigenvalue weighted by molar-refractivity contribution is -0.140. The fourth-order valence-corrected chi connectivity index (χ4v) is 3.51. The summed E-state index contributed by atoms with van der Waals surface area (Å²) in [6.07, 6.45) is 1.71. The normalized spacial score (nSPS) is 16.0. The summed E-state index contributed by atoms with van der Waals surface area (Å²) in [6.45, 7) is 1.39. The van der Waals surface area contributed by atoms with Gasteiger partial charge < -0.3 is 9.52 Å². The number of hydrogen-bond donors (Lipinski definition) is 1. The average Bonchev–Trinajstić information content (AvgIpc) is 3.14. The van der Waals surface area contributed by atoms with Crippen LogP contribution in [0.2, 0.25) is 10.0 Å². The van der Waals surface area contributed by atoms with E-state index < -0.39 is 11.8 Å². The number of carbonyl (C=O) groups is 2. The highest BCUT2D eigenvalue weighted by molar-refractivity contribution is 6.35. The first-order valence-electron chi connectivity index (χ1n) is 8.72. The Morgan fingerprint density at radius 3 is 2.48 bits per heavy atom. The monoisotopic (exact) mass is 430 g/mol. The highest BCUT2D eigenvalue weighted by Gasteiger charge is 2.35. The molecule has 1 aromatic heterocycles. The number of furan rings is 1. The molecule has 3 rings (SSSR count). The van der Waals surface area contributed by atoms with Crippen molar-refractivity contribution in [2.24, 2.45) is 0 Å². The summed E-state index contributed by atoms with van der Waals surface area (Å²) >= 11 is 12.1. The number of aliphatic hydroxyl groups excluding tert-OH is 1. The third kappa shape index (κ3) is 4.28. The predicted molar refractivity (Wildman–Crippen MR) is 109 cm³/mol. The Hall–Kier alpha value is -2.85. The molecule has 1 aliphatic heterocycles. The van der Waals surface area contributed by atoms with Crippen LogP contribution in [0, 0.1) is 11.3 Å². The van der Waals surface area contributed by atoms with Crippen molar-refractivity contribution in [2.75, 3.05) is 13.2 Å². The topological polar surface area (TPSA) is 94.5 Å². The molecule has 0 atom stereocenters. The molecule has 2 heterocycles. The smallest absolute Gasteiger partial charge is 0.271 e. The second-order valence-corrected chi connectivity index (χ2v) is 7.24. The van der Waals surface area contributed by atoms with Crippen LogP contribution in [-0.2, 0) is 9.59 Å². The van der Waals surface area contributed by atoms with Crippen molar-refractivity contribution >= 4 is 41.1 Å². The molecule has 0 saturated heterocycles. The van der Waals surface area contributed by atoms with Gasteiger partial charge in [-0.2, -0.15) is 5.26 Å². The van der Waals surface area contributed by atoms with E-state index in [1.807, 2.05) is 6.07 Å². The molecule has 0 saturated carbocycles.